The van der Waals surface area contributed by atoms with Gasteiger partial charge in [0.15, 0.2) is 5.13 Å². The van der Waals surface area contributed by atoms with Crippen LogP contribution >= 0.6 is 11.3 Å². The van der Waals surface area contributed by atoms with Gasteiger partial charge < -0.3 is 11.1 Å². The topological polar surface area (TPSA) is 68.0 Å². The molecule has 25 heavy (non-hydrogen) atoms. The summed E-state index contributed by atoms with van der Waals surface area (Å²) in [5, 5.41) is 3.89. The maximum absolute atomic E-state index is 13.1. The molecule has 4 aliphatic rings. The van der Waals surface area contributed by atoms with Crippen LogP contribution in [0.3, 0.4) is 0 Å². The Balaban J connectivity index is 1.44. The van der Waals surface area contributed by atoms with Crippen LogP contribution in [0.1, 0.15) is 48.2 Å². The Labute approximate surface area is 151 Å². The summed E-state index contributed by atoms with van der Waals surface area (Å²) in [6, 6.07) is 9.86. The molecule has 3 N–H and O–H groups in total. The fraction of sp³-hybridized carbons (Fsp3) is 0.500. The summed E-state index contributed by atoms with van der Waals surface area (Å²) in [6.07, 6.45) is 7.58. The van der Waals surface area contributed by atoms with Crippen molar-refractivity contribution >= 4 is 22.4 Å². The van der Waals surface area contributed by atoms with Gasteiger partial charge in [0, 0.05) is 11.1 Å². The van der Waals surface area contributed by atoms with Crippen molar-refractivity contribution in [3.05, 3.63) is 35.2 Å². The SMILES string of the molecule is Nc1nc(-c2ccccc2)c(C(=O)NC23CC4CC(CC(C4)C2)C3)s1. The van der Waals surface area contributed by atoms with Gasteiger partial charge in [-0.25, -0.2) is 4.98 Å². The molecule has 0 spiro atoms. The van der Waals surface area contributed by atoms with Crippen molar-refractivity contribution in [1.29, 1.82) is 0 Å². The summed E-state index contributed by atoms with van der Waals surface area (Å²) < 4.78 is 0. The second kappa shape index (κ2) is 5.56. The van der Waals surface area contributed by atoms with Gasteiger partial charge in [0.25, 0.3) is 5.91 Å². The number of hydrogen-bond acceptors (Lipinski definition) is 4. The zero-order valence-electron chi connectivity index (χ0n) is 14.2. The Hall–Kier alpha value is -1.88. The van der Waals surface area contributed by atoms with Crippen molar-refractivity contribution in [2.24, 2.45) is 17.8 Å². The van der Waals surface area contributed by atoms with E-state index in [-0.39, 0.29) is 11.4 Å². The number of anilines is 1. The lowest BCUT2D eigenvalue weighted by Crippen LogP contribution is -2.59. The first-order valence-electron chi connectivity index (χ1n) is 9.24. The van der Waals surface area contributed by atoms with Crippen LogP contribution in [0.5, 0.6) is 0 Å². The van der Waals surface area contributed by atoms with E-state index in [9.17, 15) is 4.79 Å². The van der Waals surface area contributed by atoms with Crippen LogP contribution in [0.2, 0.25) is 0 Å². The minimum Gasteiger partial charge on any atom is -0.375 e. The van der Waals surface area contributed by atoms with Crippen LogP contribution < -0.4 is 11.1 Å². The number of carbonyl (C=O) groups is 1. The van der Waals surface area contributed by atoms with E-state index in [1.165, 1.54) is 30.6 Å². The third-order valence-corrected chi connectivity index (χ3v) is 7.20. The van der Waals surface area contributed by atoms with E-state index in [1.807, 2.05) is 30.3 Å². The highest BCUT2D eigenvalue weighted by atomic mass is 32.1. The van der Waals surface area contributed by atoms with Crippen molar-refractivity contribution in [2.75, 3.05) is 5.73 Å². The molecule has 0 saturated heterocycles. The lowest BCUT2D eigenvalue weighted by Gasteiger charge is -2.56. The number of rotatable bonds is 3. The summed E-state index contributed by atoms with van der Waals surface area (Å²) in [5.41, 5.74) is 7.62. The smallest absolute Gasteiger partial charge is 0.264 e. The molecule has 5 heteroatoms. The molecule has 4 saturated carbocycles. The molecule has 1 aromatic carbocycles. The molecule has 1 aromatic heterocycles. The minimum atomic E-state index is 0.00926. The van der Waals surface area contributed by atoms with Crippen molar-refractivity contribution in [3.8, 4) is 11.3 Å². The fourth-order valence-corrected chi connectivity index (χ4v) is 6.59. The maximum atomic E-state index is 13.1. The molecular formula is C20H23N3OS. The second-order valence-electron chi connectivity index (χ2n) is 8.25. The summed E-state index contributed by atoms with van der Waals surface area (Å²) in [4.78, 5) is 18.2. The predicted octanol–water partition coefficient (Wildman–Crippen LogP) is 4.09. The highest BCUT2D eigenvalue weighted by Crippen LogP contribution is 2.55. The van der Waals surface area contributed by atoms with Gasteiger partial charge in [0.2, 0.25) is 0 Å². The minimum absolute atomic E-state index is 0.00926. The maximum Gasteiger partial charge on any atom is 0.264 e. The molecule has 2 aromatic rings. The molecule has 0 atom stereocenters. The van der Waals surface area contributed by atoms with Gasteiger partial charge in [0.05, 0.1) is 5.69 Å². The number of aromatic nitrogens is 1. The third kappa shape index (κ3) is 2.65. The highest BCUT2D eigenvalue weighted by Gasteiger charge is 2.51. The molecule has 130 valence electrons. The molecule has 4 aliphatic carbocycles. The van der Waals surface area contributed by atoms with Crippen molar-refractivity contribution < 1.29 is 4.79 Å². The van der Waals surface area contributed by atoms with Gasteiger partial charge in [-0.05, 0) is 56.3 Å². The molecule has 1 amide bonds. The first-order chi connectivity index (χ1) is 12.1. The van der Waals surface area contributed by atoms with Gasteiger partial charge >= 0.3 is 0 Å². The Morgan fingerprint density at radius 1 is 1.08 bits per heavy atom. The molecule has 0 unspecified atom stereocenters. The highest BCUT2D eigenvalue weighted by molar-refractivity contribution is 7.17. The zero-order valence-corrected chi connectivity index (χ0v) is 15.0. The van der Waals surface area contributed by atoms with E-state index >= 15 is 0 Å². The average molecular weight is 353 g/mol. The molecule has 4 bridgehead atoms. The first-order valence-corrected chi connectivity index (χ1v) is 10.1. The average Bonchev–Trinajstić information content (AvgIpc) is 2.96. The van der Waals surface area contributed by atoms with Gasteiger partial charge in [-0.15, -0.1) is 0 Å². The number of nitrogens with one attached hydrogen (secondary N) is 1. The van der Waals surface area contributed by atoms with Crippen LogP contribution in [0, 0.1) is 17.8 Å². The van der Waals surface area contributed by atoms with Crippen molar-refractivity contribution in [3.63, 3.8) is 0 Å². The molecular weight excluding hydrogens is 330 g/mol. The van der Waals surface area contributed by atoms with Crippen LogP contribution in [-0.2, 0) is 0 Å². The number of amides is 1. The Bertz CT molecular complexity index is 778. The van der Waals surface area contributed by atoms with Crippen molar-refractivity contribution in [2.45, 2.75) is 44.1 Å². The third-order valence-electron chi connectivity index (χ3n) is 6.31. The Kier molecular flexibility index (Phi) is 3.42. The molecule has 0 radical (unpaired) electrons. The summed E-state index contributed by atoms with van der Waals surface area (Å²) in [5.74, 6) is 2.44. The van der Waals surface area contributed by atoms with Crippen LogP contribution in [0.25, 0.3) is 11.3 Å². The normalized spacial score (nSPS) is 32.7. The van der Waals surface area contributed by atoms with Crippen LogP contribution in [-0.4, -0.2) is 16.4 Å². The van der Waals surface area contributed by atoms with Gasteiger partial charge in [-0.2, -0.15) is 0 Å². The standard InChI is InChI=1S/C20H23N3OS/c21-19-22-16(15-4-2-1-3-5-15)17(25-19)18(24)23-20-9-12-6-13(10-20)8-14(7-12)11-20/h1-5,12-14H,6-11H2,(H2,21,22)(H,23,24). The van der Waals surface area contributed by atoms with E-state index < -0.39 is 0 Å². The molecule has 4 nitrogen and oxygen atoms in total. The fourth-order valence-electron chi connectivity index (χ4n) is 5.84. The van der Waals surface area contributed by atoms with Crippen molar-refractivity contribution in [1.82, 2.24) is 10.3 Å². The van der Waals surface area contributed by atoms with Gasteiger partial charge in [0.1, 0.15) is 4.88 Å². The van der Waals surface area contributed by atoms with Crippen LogP contribution in [0.15, 0.2) is 30.3 Å². The number of benzene rings is 1. The van der Waals surface area contributed by atoms with E-state index in [4.69, 9.17) is 5.73 Å². The van der Waals surface area contributed by atoms with Gasteiger partial charge in [-0.1, -0.05) is 41.7 Å². The predicted molar refractivity (Wildman–Crippen MR) is 100 cm³/mol. The number of thiazole rings is 1. The monoisotopic (exact) mass is 353 g/mol. The molecule has 1 heterocycles. The van der Waals surface area contributed by atoms with Gasteiger partial charge in [-0.3, -0.25) is 4.79 Å². The summed E-state index contributed by atoms with van der Waals surface area (Å²) in [6.45, 7) is 0. The number of hydrogen-bond donors (Lipinski definition) is 2. The number of nitrogen functional groups attached to an aromatic ring is 1. The quantitative estimate of drug-likeness (QED) is 0.873. The first kappa shape index (κ1) is 15.4. The van der Waals surface area contributed by atoms with E-state index in [2.05, 4.69) is 10.3 Å². The van der Waals surface area contributed by atoms with E-state index in [0.717, 1.165) is 42.6 Å². The lowest BCUT2D eigenvalue weighted by molar-refractivity contribution is -0.0166. The number of nitrogens with two attached hydrogens (primary N) is 1. The lowest BCUT2D eigenvalue weighted by atomic mass is 9.53. The molecule has 6 rings (SSSR count). The Morgan fingerprint density at radius 3 is 2.28 bits per heavy atom. The largest absolute Gasteiger partial charge is 0.375 e. The van der Waals surface area contributed by atoms with E-state index in [0.29, 0.717) is 15.7 Å². The second-order valence-corrected chi connectivity index (χ2v) is 9.28. The van der Waals surface area contributed by atoms with E-state index in [1.54, 1.807) is 0 Å². The zero-order chi connectivity index (χ0) is 17.0. The summed E-state index contributed by atoms with van der Waals surface area (Å²) in [7, 11) is 0. The number of carbonyl (C=O) groups excluding carboxylic acids is 1. The van der Waals surface area contributed by atoms with Crippen LogP contribution in [0.4, 0.5) is 5.13 Å². The number of nitrogens with zero attached hydrogens (tertiary/aromatic N) is 1. The molecule has 0 aliphatic heterocycles. The molecule has 4 fully saturated rings. The summed E-state index contributed by atoms with van der Waals surface area (Å²) >= 11 is 1.30. The Morgan fingerprint density at radius 2 is 1.68 bits per heavy atom.